The molecule has 0 radical (unpaired) electrons. The van der Waals surface area contributed by atoms with Gasteiger partial charge in [-0.3, -0.25) is 0 Å². The Hall–Kier alpha value is -1.18. The number of nitrogens with two attached hydrogens (primary N) is 1. The summed E-state index contributed by atoms with van der Waals surface area (Å²) in [7, 11) is 0. The van der Waals surface area contributed by atoms with Crippen LogP contribution in [-0.4, -0.2) is 10.1 Å². The van der Waals surface area contributed by atoms with Crippen molar-refractivity contribution < 1.29 is 4.52 Å². The smallest absolute Gasteiger partial charge is 0.260 e. The molecule has 102 valence electrons. The van der Waals surface area contributed by atoms with E-state index in [4.69, 9.17) is 10.3 Å². The van der Waals surface area contributed by atoms with Crippen molar-refractivity contribution in [3.05, 3.63) is 37.4 Å². The van der Waals surface area contributed by atoms with Crippen LogP contribution in [-0.2, 0) is 0 Å². The lowest BCUT2D eigenvalue weighted by Gasteiger charge is -2.04. The minimum atomic E-state index is 0.408. The Kier molecular flexibility index (Phi) is 3.66. The number of benzene rings is 1. The molecule has 7 heteroatoms. The SMILES string of the molecule is Cc1cscc1-c1noc(-c2cc(Br)cc(Br)c2N)n1. The summed E-state index contributed by atoms with van der Waals surface area (Å²) in [5.41, 5.74) is 9.44. The molecule has 0 saturated carbocycles. The fourth-order valence-corrected chi connectivity index (χ4v) is 3.85. The van der Waals surface area contributed by atoms with E-state index in [9.17, 15) is 0 Å². The van der Waals surface area contributed by atoms with Crippen molar-refractivity contribution in [3.8, 4) is 22.8 Å². The largest absolute Gasteiger partial charge is 0.397 e. The highest BCUT2D eigenvalue weighted by Crippen LogP contribution is 2.35. The van der Waals surface area contributed by atoms with E-state index in [1.807, 2.05) is 24.4 Å². The van der Waals surface area contributed by atoms with Gasteiger partial charge in [-0.15, -0.1) is 0 Å². The van der Waals surface area contributed by atoms with Crippen LogP contribution in [0.4, 0.5) is 5.69 Å². The maximum Gasteiger partial charge on any atom is 0.260 e. The zero-order valence-electron chi connectivity index (χ0n) is 10.4. The molecule has 0 aliphatic heterocycles. The molecule has 0 aliphatic carbocycles. The lowest BCUT2D eigenvalue weighted by molar-refractivity contribution is 0.432. The summed E-state index contributed by atoms with van der Waals surface area (Å²) < 4.78 is 7.02. The van der Waals surface area contributed by atoms with Gasteiger partial charge in [0.2, 0.25) is 5.82 Å². The Morgan fingerprint density at radius 2 is 2.00 bits per heavy atom. The summed E-state index contributed by atoms with van der Waals surface area (Å²) in [4.78, 5) is 4.43. The van der Waals surface area contributed by atoms with Crippen molar-refractivity contribution in [2.45, 2.75) is 6.92 Å². The molecule has 3 rings (SSSR count). The first-order chi connectivity index (χ1) is 9.56. The molecule has 1 aromatic carbocycles. The van der Waals surface area contributed by atoms with Gasteiger partial charge in [0, 0.05) is 19.9 Å². The van der Waals surface area contributed by atoms with E-state index >= 15 is 0 Å². The number of aryl methyl sites for hydroxylation is 1. The zero-order chi connectivity index (χ0) is 14.3. The molecule has 4 nitrogen and oxygen atoms in total. The molecule has 0 atom stereocenters. The van der Waals surface area contributed by atoms with Crippen molar-refractivity contribution in [2.24, 2.45) is 0 Å². The zero-order valence-corrected chi connectivity index (χ0v) is 14.3. The number of anilines is 1. The summed E-state index contributed by atoms with van der Waals surface area (Å²) in [6.07, 6.45) is 0. The average Bonchev–Trinajstić information content (AvgIpc) is 3.02. The summed E-state index contributed by atoms with van der Waals surface area (Å²) in [6.45, 7) is 2.02. The van der Waals surface area contributed by atoms with Crippen molar-refractivity contribution in [1.82, 2.24) is 10.1 Å². The van der Waals surface area contributed by atoms with Gasteiger partial charge in [0.15, 0.2) is 0 Å². The van der Waals surface area contributed by atoms with E-state index in [0.717, 1.165) is 20.1 Å². The number of nitrogen functional groups attached to an aromatic ring is 1. The number of halogens is 2. The second-order valence-corrected chi connectivity index (χ2v) is 6.75. The predicted octanol–water partition coefficient (Wildman–Crippen LogP) is 4.88. The molecule has 0 amide bonds. The van der Waals surface area contributed by atoms with E-state index in [1.165, 1.54) is 0 Å². The quantitative estimate of drug-likeness (QED) is 0.606. The molecule has 20 heavy (non-hydrogen) atoms. The third-order valence-corrected chi connectivity index (χ3v) is 4.82. The lowest BCUT2D eigenvalue weighted by Crippen LogP contribution is -1.92. The Labute approximate surface area is 136 Å². The minimum Gasteiger partial charge on any atom is -0.397 e. The van der Waals surface area contributed by atoms with Crippen LogP contribution < -0.4 is 5.73 Å². The molecular formula is C13H9Br2N3OS. The average molecular weight is 415 g/mol. The first-order valence-electron chi connectivity index (χ1n) is 5.68. The van der Waals surface area contributed by atoms with Crippen molar-refractivity contribution in [3.63, 3.8) is 0 Å². The molecule has 3 aromatic rings. The van der Waals surface area contributed by atoms with Gasteiger partial charge in [0.25, 0.3) is 5.89 Å². The molecule has 2 heterocycles. The Morgan fingerprint density at radius 1 is 1.20 bits per heavy atom. The molecule has 0 fully saturated rings. The first-order valence-corrected chi connectivity index (χ1v) is 8.21. The lowest BCUT2D eigenvalue weighted by atomic mass is 10.2. The van der Waals surface area contributed by atoms with E-state index < -0.39 is 0 Å². The Bertz CT molecular complexity index is 782. The van der Waals surface area contributed by atoms with Gasteiger partial charge >= 0.3 is 0 Å². The maximum atomic E-state index is 6.05. The second kappa shape index (κ2) is 5.31. The fourth-order valence-electron chi connectivity index (χ4n) is 1.79. The van der Waals surface area contributed by atoms with Gasteiger partial charge in [-0.25, -0.2) is 0 Å². The monoisotopic (exact) mass is 413 g/mol. The molecule has 0 spiro atoms. The fraction of sp³-hybridized carbons (Fsp3) is 0.0769. The summed E-state index contributed by atoms with van der Waals surface area (Å²) >= 11 is 8.45. The number of hydrogen-bond donors (Lipinski definition) is 1. The van der Waals surface area contributed by atoms with Gasteiger partial charge in [0.1, 0.15) is 0 Å². The van der Waals surface area contributed by atoms with Gasteiger partial charge in [-0.1, -0.05) is 21.1 Å². The maximum absolute atomic E-state index is 6.05. The molecule has 2 N–H and O–H groups in total. The molecular weight excluding hydrogens is 406 g/mol. The highest BCUT2D eigenvalue weighted by molar-refractivity contribution is 9.11. The van der Waals surface area contributed by atoms with Crippen LogP contribution in [0.5, 0.6) is 0 Å². The predicted molar refractivity (Wildman–Crippen MR) is 87.6 cm³/mol. The minimum absolute atomic E-state index is 0.408. The molecule has 0 unspecified atom stereocenters. The van der Waals surface area contributed by atoms with Crippen LogP contribution in [0.25, 0.3) is 22.8 Å². The van der Waals surface area contributed by atoms with Gasteiger partial charge in [0.05, 0.1) is 11.3 Å². The van der Waals surface area contributed by atoms with E-state index in [0.29, 0.717) is 23.0 Å². The van der Waals surface area contributed by atoms with Gasteiger partial charge < -0.3 is 10.3 Å². The van der Waals surface area contributed by atoms with Crippen LogP contribution in [0.1, 0.15) is 5.56 Å². The van der Waals surface area contributed by atoms with Crippen LogP contribution >= 0.6 is 43.2 Å². The van der Waals surface area contributed by atoms with Crippen LogP contribution in [0, 0.1) is 6.92 Å². The molecule has 0 aliphatic rings. The van der Waals surface area contributed by atoms with Crippen molar-refractivity contribution in [2.75, 3.05) is 5.73 Å². The number of aromatic nitrogens is 2. The highest BCUT2D eigenvalue weighted by atomic mass is 79.9. The molecule has 2 aromatic heterocycles. The Morgan fingerprint density at radius 3 is 2.70 bits per heavy atom. The number of hydrogen-bond acceptors (Lipinski definition) is 5. The number of rotatable bonds is 2. The van der Waals surface area contributed by atoms with E-state index in [2.05, 4.69) is 47.4 Å². The number of thiophene rings is 1. The van der Waals surface area contributed by atoms with Crippen LogP contribution in [0.3, 0.4) is 0 Å². The third kappa shape index (κ3) is 2.41. The number of nitrogens with zero attached hydrogens (tertiary/aromatic N) is 2. The first kappa shape index (κ1) is 13.8. The van der Waals surface area contributed by atoms with Crippen LogP contribution in [0.2, 0.25) is 0 Å². The van der Waals surface area contributed by atoms with Crippen LogP contribution in [0.15, 0.2) is 36.4 Å². The second-order valence-electron chi connectivity index (χ2n) is 4.24. The normalized spacial score (nSPS) is 10.9. The molecule has 0 bridgehead atoms. The Balaban J connectivity index is 2.09. The summed E-state index contributed by atoms with van der Waals surface area (Å²) in [6, 6.07) is 3.73. The highest BCUT2D eigenvalue weighted by Gasteiger charge is 2.16. The third-order valence-electron chi connectivity index (χ3n) is 2.85. The molecule has 0 saturated heterocycles. The topological polar surface area (TPSA) is 64.9 Å². The van der Waals surface area contributed by atoms with Crippen molar-refractivity contribution in [1.29, 1.82) is 0 Å². The van der Waals surface area contributed by atoms with E-state index in [-0.39, 0.29) is 0 Å². The van der Waals surface area contributed by atoms with Crippen molar-refractivity contribution >= 4 is 48.9 Å². The summed E-state index contributed by atoms with van der Waals surface area (Å²) in [5, 5.41) is 8.09. The van der Waals surface area contributed by atoms with E-state index in [1.54, 1.807) is 11.3 Å². The van der Waals surface area contributed by atoms with Gasteiger partial charge in [-0.2, -0.15) is 16.3 Å². The van der Waals surface area contributed by atoms with Gasteiger partial charge in [-0.05, 0) is 45.9 Å². The summed E-state index contributed by atoms with van der Waals surface area (Å²) in [5.74, 6) is 0.986. The standard InChI is InChI=1S/C13H9Br2N3OS/c1-6-4-20-5-9(6)12-17-13(19-18-12)8-2-7(14)3-10(15)11(8)16/h2-5H,16H2,1H3.